The number of nitrogens with zero attached hydrogens (tertiary/aromatic N) is 2. The minimum absolute atomic E-state index is 0.120. The number of aliphatic hydroxyl groups is 2. The fraction of sp³-hybridized carbons (Fsp3) is 0.391. The van der Waals surface area contributed by atoms with Crippen LogP contribution in [0, 0.1) is 28.6 Å². The normalized spacial score (nSPS) is 27.3. The molecule has 2 aromatic rings. The molecule has 2 aliphatic rings. The van der Waals surface area contributed by atoms with Crippen LogP contribution in [0.25, 0.3) is 0 Å². The van der Waals surface area contributed by atoms with Crippen LogP contribution in [0.5, 0.6) is 0 Å². The Morgan fingerprint density at radius 2 is 1.81 bits per heavy atom. The van der Waals surface area contributed by atoms with Crippen LogP contribution in [0.4, 0.5) is 18.9 Å². The van der Waals surface area contributed by atoms with Gasteiger partial charge in [-0.05, 0) is 60.6 Å². The number of aliphatic hydroxyl groups excluding tert-OH is 1. The first-order valence-corrected chi connectivity index (χ1v) is 9.96. The Hall–Kier alpha value is -3.07. The SMILES string of the molecule is N#Cc1ccc(CC2(O)C(O)CCC3Cc4cc(C(F)(F)F)c(C#N)cc4NC32)cc1. The fourth-order valence-electron chi connectivity index (χ4n) is 4.84. The second-order valence-corrected chi connectivity index (χ2v) is 8.32. The zero-order valence-corrected chi connectivity index (χ0v) is 16.4. The van der Waals surface area contributed by atoms with Gasteiger partial charge < -0.3 is 15.5 Å². The van der Waals surface area contributed by atoms with Crippen LogP contribution in [0.15, 0.2) is 36.4 Å². The maximum Gasteiger partial charge on any atom is 0.417 e. The fourth-order valence-corrected chi connectivity index (χ4v) is 4.84. The molecular weight excluding hydrogens is 407 g/mol. The monoisotopic (exact) mass is 427 g/mol. The molecule has 4 rings (SSSR count). The van der Waals surface area contributed by atoms with Crippen molar-refractivity contribution in [3.05, 3.63) is 64.2 Å². The Kier molecular flexibility index (Phi) is 5.17. The number of hydrogen-bond acceptors (Lipinski definition) is 5. The maximum absolute atomic E-state index is 13.3. The van der Waals surface area contributed by atoms with Crippen LogP contribution in [0.3, 0.4) is 0 Å². The molecule has 0 amide bonds. The van der Waals surface area contributed by atoms with Crippen LogP contribution in [-0.4, -0.2) is 28.0 Å². The van der Waals surface area contributed by atoms with E-state index in [-0.39, 0.29) is 12.3 Å². The highest BCUT2D eigenvalue weighted by atomic mass is 19.4. The van der Waals surface area contributed by atoms with E-state index in [9.17, 15) is 28.6 Å². The predicted octanol–water partition coefficient (Wildman–Crippen LogP) is 3.53. The van der Waals surface area contributed by atoms with E-state index in [0.29, 0.717) is 36.1 Å². The van der Waals surface area contributed by atoms with E-state index in [2.05, 4.69) is 5.32 Å². The second kappa shape index (κ2) is 7.56. The summed E-state index contributed by atoms with van der Waals surface area (Å²) in [5, 5.41) is 43.5. The number of alkyl halides is 3. The lowest BCUT2D eigenvalue weighted by atomic mass is 9.66. The third kappa shape index (κ3) is 3.74. The van der Waals surface area contributed by atoms with Gasteiger partial charge in [-0.15, -0.1) is 0 Å². The van der Waals surface area contributed by atoms with E-state index in [1.807, 2.05) is 6.07 Å². The molecule has 160 valence electrons. The summed E-state index contributed by atoms with van der Waals surface area (Å²) in [6.07, 6.45) is -4.35. The number of rotatable bonds is 2. The van der Waals surface area contributed by atoms with Gasteiger partial charge in [0.1, 0.15) is 5.60 Å². The summed E-state index contributed by atoms with van der Waals surface area (Å²) in [5.41, 5.74) is -0.958. The summed E-state index contributed by atoms with van der Waals surface area (Å²) in [4.78, 5) is 0. The third-order valence-electron chi connectivity index (χ3n) is 6.43. The molecule has 0 saturated heterocycles. The third-order valence-corrected chi connectivity index (χ3v) is 6.43. The summed E-state index contributed by atoms with van der Waals surface area (Å²) in [6.45, 7) is 0. The predicted molar refractivity (Wildman–Crippen MR) is 106 cm³/mol. The van der Waals surface area contributed by atoms with Gasteiger partial charge in [0.15, 0.2) is 0 Å². The number of halogens is 3. The second-order valence-electron chi connectivity index (χ2n) is 8.32. The highest BCUT2D eigenvalue weighted by Gasteiger charge is 2.52. The van der Waals surface area contributed by atoms with Gasteiger partial charge in [-0.2, -0.15) is 23.7 Å². The van der Waals surface area contributed by atoms with Gasteiger partial charge in [0.25, 0.3) is 0 Å². The van der Waals surface area contributed by atoms with Crippen LogP contribution in [-0.2, 0) is 19.0 Å². The number of anilines is 1. The standard InChI is InChI=1S/C23H20F3N3O2/c24-23(25,26)18-8-16-7-15-5-6-20(30)22(31,10-13-1-3-14(11-27)4-2-13)21(15)29-19(16)9-17(18)12-28/h1-4,8-9,15,20-21,29-31H,5-7,10H2. The lowest BCUT2D eigenvalue weighted by molar-refractivity contribution is -0.138. The zero-order chi connectivity index (χ0) is 22.4. The van der Waals surface area contributed by atoms with Crippen molar-refractivity contribution in [3.8, 4) is 12.1 Å². The van der Waals surface area contributed by atoms with Gasteiger partial charge >= 0.3 is 6.18 Å². The number of hydrogen-bond donors (Lipinski definition) is 3. The topological polar surface area (TPSA) is 100 Å². The van der Waals surface area contributed by atoms with E-state index in [4.69, 9.17) is 5.26 Å². The van der Waals surface area contributed by atoms with Gasteiger partial charge in [-0.3, -0.25) is 0 Å². The molecular formula is C23H20F3N3O2. The lowest BCUT2D eigenvalue weighted by Crippen LogP contribution is -2.63. The minimum Gasteiger partial charge on any atom is -0.390 e. The number of nitriles is 2. The smallest absolute Gasteiger partial charge is 0.390 e. The molecule has 4 atom stereocenters. The van der Waals surface area contributed by atoms with E-state index in [1.54, 1.807) is 30.3 Å². The Bertz CT molecular complexity index is 1090. The summed E-state index contributed by atoms with van der Waals surface area (Å²) < 4.78 is 40.0. The average molecular weight is 427 g/mol. The van der Waals surface area contributed by atoms with Crippen LogP contribution >= 0.6 is 0 Å². The Labute approximate surface area is 177 Å². The minimum atomic E-state index is -4.63. The molecule has 0 spiro atoms. The maximum atomic E-state index is 13.3. The Morgan fingerprint density at radius 3 is 2.42 bits per heavy atom. The molecule has 3 N–H and O–H groups in total. The largest absolute Gasteiger partial charge is 0.417 e. The first-order chi connectivity index (χ1) is 14.7. The van der Waals surface area contributed by atoms with Gasteiger partial charge in [0.05, 0.1) is 41.0 Å². The molecule has 0 radical (unpaired) electrons. The number of fused-ring (bicyclic) bond motifs is 2. The van der Waals surface area contributed by atoms with Crippen LogP contribution < -0.4 is 5.32 Å². The van der Waals surface area contributed by atoms with Crippen molar-refractivity contribution in [3.63, 3.8) is 0 Å². The molecule has 2 aromatic carbocycles. The zero-order valence-electron chi connectivity index (χ0n) is 16.4. The summed E-state index contributed by atoms with van der Waals surface area (Å²) in [6, 6.07) is 11.9. The first-order valence-electron chi connectivity index (χ1n) is 9.96. The van der Waals surface area contributed by atoms with Crippen molar-refractivity contribution in [2.24, 2.45) is 5.92 Å². The van der Waals surface area contributed by atoms with Crippen molar-refractivity contribution in [2.75, 3.05) is 5.32 Å². The molecule has 5 nitrogen and oxygen atoms in total. The first kappa shape index (κ1) is 21.2. The van der Waals surface area contributed by atoms with Crippen molar-refractivity contribution in [1.82, 2.24) is 0 Å². The van der Waals surface area contributed by atoms with Gasteiger partial charge in [0.2, 0.25) is 0 Å². The Balaban J connectivity index is 1.69. The molecule has 0 aromatic heterocycles. The summed E-state index contributed by atoms with van der Waals surface area (Å²) in [7, 11) is 0. The van der Waals surface area contributed by atoms with E-state index < -0.39 is 35.1 Å². The van der Waals surface area contributed by atoms with Crippen LogP contribution in [0.2, 0.25) is 0 Å². The highest BCUT2D eigenvalue weighted by molar-refractivity contribution is 5.62. The van der Waals surface area contributed by atoms with Gasteiger partial charge in [-0.1, -0.05) is 12.1 Å². The molecule has 31 heavy (non-hydrogen) atoms. The lowest BCUT2D eigenvalue weighted by Gasteiger charge is -2.51. The van der Waals surface area contributed by atoms with E-state index in [1.165, 1.54) is 6.07 Å². The molecule has 0 bridgehead atoms. The summed E-state index contributed by atoms with van der Waals surface area (Å²) in [5.74, 6) is -0.173. The molecule has 8 heteroatoms. The molecule has 1 heterocycles. The quantitative estimate of drug-likeness (QED) is 0.681. The summed E-state index contributed by atoms with van der Waals surface area (Å²) >= 11 is 0. The van der Waals surface area contributed by atoms with Crippen LogP contribution in [0.1, 0.15) is 40.7 Å². The van der Waals surface area contributed by atoms with Gasteiger partial charge in [0, 0.05) is 12.1 Å². The molecule has 4 unspecified atom stereocenters. The highest BCUT2D eigenvalue weighted by Crippen LogP contribution is 2.45. The van der Waals surface area contributed by atoms with E-state index >= 15 is 0 Å². The number of nitrogens with one attached hydrogen (secondary N) is 1. The molecule has 1 saturated carbocycles. The average Bonchev–Trinajstić information content (AvgIpc) is 2.74. The molecule has 1 fully saturated rings. The van der Waals surface area contributed by atoms with Crippen molar-refractivity contribution < 1.29 is 23.4 Å². The van der Waals surface area contributed by atoms with Gasteiger partial charge in [-0.25, -0.2) is 0 Å². The number of benzene rings is 2. The molecule has 1 aliphatic carbocycles. The van der Waals surface area contributed by atoms with E-state index in [0.717, 1.165) is 11.6 Å². The van der Waals surface area contributed by atoms with Crippen molar-refractivity contribution >= 4 is 5.69 Å². The van der Waals surface area contributed by atoms with Crippen molar-refractivity contribution in [1.29, 1.82) is 10.5 Å². The van der Waals surface area contributed by atoms with Crippen molar-refractivity contribution in [2.45, 2.75) is 49.6 Å². The molecule has 1 aliphatic heterocycles. The Morgan fingerprint density at radius 1 is 1.10 bits per heavy atom.